The van der Waals surface area contributed by atoms with Crippen molar-refractivity contribution >= 4 is 11.8 Å². The fourth-order valence-electron chi connectivity index (χ4n) is 2.21. The van der Waals surface area contributed by atoms with Gasteiger partial charge in [-0.15, -0.1) is 0 Å². The SMILES string of the molecule is CCOC(=O)C(C(C)=O)C(CC)c1ccccc1. The van der Waals surface area contributed by atoms with Gasteiger partial charge in [0.25, 0.3) is 0 Å². The van der Waals surface area contributed by atoms with E-state index < -0.39 is 11.9 Å². The minimum Gasteiger partial charge on any atom is -0.465 e. The summed E-state index contributed by atoms with van der Waals surface area (Å²) in [6.45, 7) is 5.48. The molecule has 98 valence electrons. The highest BCUT2D eigenvalue weighted by Gasteiger charge is 2.33. The van der Waals surface area contributed by atoms with Gasteiger partial charge >= 0.3 is 5.97 Å². The molecule has 0 saturated heterocycles. The molecule has 18 heavy (non-hydrogen) atoms. The van der Waals surface area contributed by atoms with Crippen LogP contribution < -0.4 is 0 Å². The Labute approximate surface area is 108 Å². The normalized spacial score (nSPS) is 13.7. The van der Waals surface area contributed by atoms with Crippen LogP contribution >= 0.6 is 0 Å². The molecule has 0 aliphatic carbocycles. The van der Waals surface area contributed by atoms with E-state index in [1.807, 2.05) is 37.3 Å². The molecule has 0 aliphatic rings. The van der Waals surface area contributed by atoms with E-state index in [1.54, 1.807) is 6.92 Å². The zero-order valence-electron chi connectivity index (χ0n) is 11.2. The number of carbonyl (C=O) groups excluding carboxylic acids is 2. The molecule has 0 N–H and O–H groups in total. The van der Waals surface area contributed by atoms with E-state index in [0.717, 1.165) is 12.0 Å². The maximum atomic E-state index is 11.9. The van der Waals surface area contributed by atoms with Crippen molar-refractivity contribution in [1.29, 1.82) is 0 Å². The van der Waals surface area contributed by atoms with Crippen molar-refractivity contribution in [2.45, 2.75) is 33.1 Å². The average Bonchev–Trinajstić information content (AvgIpc) is 2.36. The number of rotatable bonds is 6. The van der Waals surface area contributed by atoms with Crippen LogP contribution in [-0.2, 0) is 14.3 Å². The number of hydrogen-bond donors (Lipinski definition) is 0. The molecule has 0 heterocycles. The molecule has 0 spiro atoms. The fraction of sp³-hybridized carbons (Fsp3) is 0.467. The highest BCUT2D eigenvalue weighted by Crippen LogP contribution is 2.29. The largest absolute Gasteiger partial charge is 0.465 e. The average molecular weight is 248 g/mol. The van der Waals surface area contributed by atoms with Crippen LogP contribution in [0.5, 0.6) is 0 Å². The molecule has 2 atom stereocenters. The Kier molecular flexibility index (Phi) is 5.56. The van der Waals surface area contributed by atoms with Crippen molar-refractivity contribution < 1.29 is 14.3 Å². The summed E-state index contributed by atoms with van der Waals surface area (Å²) in [6.07, 6.45) is 0.729. The topological polar surface area (TPSA) is 43.4 Å². The Morgan fingerprint density at radius 3 is 2.22 bits per heavy atom. The molecule has 0 aromatic heterocycles. The van der Waals surface area contributed by atoms with E-state index in [0.29, 0.717) is 6.61 Å². The number of carbonyl (C=O) groups is 2. The molecule has 2 unspecified atom stereocenters. The first-order valence-corrected chi connectivity index (χ1v) is 6.33. The first kappa shape index (κ1) is 14.4. The van der Waals surface area contributed by atoms with Gasteiger partial charge in [-0.25, -0.2) is 0 Å². The minimum absolute atomic E-state index is 0.109. The molecule has 3 heteroatoms. The lowest BCUT2D eigenvalue weighted by atomic mass is 9.82. The summed E-state index contributed by atoms with van der Waals surface area (Å²) in [7, 11) is 0. The third-order valence-electron chi connectivity index (χ3n) is 3.05. The van der Waals surface area contributed by atoms with Gasteiger partial charge in [0.1, 0.15) is 11.7 Å². The smallest absolute Gasteiger partial charge is 0.317 e. The van der Waals surface area contributed by atoms with Crippen LogP contribution in [-0.4, -0.2) is 18.4 Å². The Bertz CT molecular complexity index is 397. The van der Waals surface area contributed by atoms with Crippen LogP contribution in [0.1, 0.15) is 38.7 Å². The Morgan fingerprint density at radius 1 is 1.17 bits per heavy atom. The van der Waals surface area contributed by atoms with Crippen LogP contribution in [0, 0.1) is 5.92 Å². The predicted molar refractivity (Wildman–Crippen MR) is 70.3 cm³/mol. The van der Waals surface area contributed by atoms with Crippen molar-refractivity contribution in [2.75, 3.05) is 6.61 Å². The van der Waals surface area contributed by atoms with Gasteiger partial charge in [-0.3, -0.25) is 9.59 Å². The van der Waals surface area contributed by atoms with Crippen molar-refractivity contribution in [3.8, 4) is 0 Å². The Balaban J connectivity index is 3.02. The quantitative estimate of drug-likeness (QED) is 0.574. The van der Waals surface area contributed by atoms with E-state index in [4.69, 9.17) is 4.74 Å². The number of hydrogen-bond acceptors (Lipinski definition) is 3. The fourth-order valence-corrected chi connectivity index (χ4v) is 2.21. The zero-order valence-corrected chi connectivity index (χ0v) is 11.2. The summed E-state index contributed by atoms with van der Waals surface area (Å²) in [6, 6.07) is 9.65. The highest BCUT2D eigenvalue weighted by atomic mass is 16.5. The molecule has 0 aliphatic heterocycles. The zero-order chi connectivity index (χ0) is 13.5. The van der Waals surface area contributed by atoms with Crippen molar-refractivity contribution in [3.63, 3.8) is 0 Å². The van der Waals surface area contributed by atoms with Crippen LogP contribution in [0.3, 0.4) is 0 Å². The maximum absolute atomic E-state index is 11.9. The summed E-state index contributed by atoms with van der Waals surface area (Å²) >= 11 is 0. The van der Waals surface area contributed by atoms with Crippen molar-refractivity contribution in [3.05, 3.63) is 35.9 Å². The van der Waals surface area contributed by atoms with Gasteiger partial charge in [0, 0.05) is 5.92 Å². The standard InChI is InChI=1S/C15H20O3/c1-4-13(12-9-7-6-8-10-12)14(11(3)16)15(17)18-5-2/h6-10,13-14H,4-5H2,1-3H3. The van der Waals surface area contributed by atoms with Gasteiger partial charge < -0.3 is 4.74 Å². The van der Waals surface area contributed by atoms with Gasteiger partial charge in [-0.1, -0.05) is 37.3 Å². The molecule has 3 nitrogen and oxygen atoms in total. The summed E-state index contributed by atoms with van der Waals surface area (Å²) in [5.74, 6) is -1.36. The molecule has 0 amide bonds. The van der Waals surface area contributed by atoms with Gasteiger partial charge in [0.05, 0.1) is 6.61 Å². The third-order valence-corrected chi connectivity index (χ3v) is 3.05. The molecule has 0 bridgehead atoms. The molecule has 0 saturated carbocycles. The van der Waals surface area contributed by atoms with Crippen LogP contribution in [0.2, 0.25) is 0 Å². The Hall–Kier alpha value is -1.64. The van der Waals surface area contributed by atoms with Crippen molar-refractivity contribution in [2.24, 2.45) is 5.92 Å². The molecular weight excluding hydrogens is 228 g/mol. The van der Waals surface area contributed by atoms with Gasteiger partial charge in [-0.05, 0) is 25.8 Å². The number of Topliss-reactive ketones (excluding diaryl/α,β-unsaturated/α-hetero) is 1. The van der Waals surface area contributed by atoms with E-state index in [1.165, 1.54) is 6.92 Å². The first-order valence-electron chi connectivity index (χ1n) is 6.33. The van der Waals surface area contributed by atoms with Crippen molar-refractivity contribution in [1.82, 2.24) is 0 Å². The summed E-state index contributed by atoms with van der Waals surface area (Å²) < 4.78 is 5.01. The molecule has 1 aromatic carbocycles. The number of ketones is 1. The van der Waals surface area contributed by atoms with E-state index in [-0.39, 0.29) is 11.7 Å². The lowest BCUT2D eigenvalue weighted by molar-refractivity contribution is -0.152. The maximum Gasteiger partial charge on any atom is 0.317 e. The number of ether oxygens (including phenoxy) is 1. The number of benzene rings is 1. The molecule has 1 rings (SSSR count). The molecular formula is C15H20O3. The summed E-state index contributed by atoms with van der Waals surface area (Å²) in [5, 5.41) is 0. The van der Waals surface area contributed by atoms with Gasteiger partial charge in [0.2, 0.25) is 0 Å². The Morgan fingerprint density at radius 2 is 1.78 bits per heavy atom. The van der Waals surface area contributed by atoms with E-state index in [2.05, 4.69) is 0 Å². The van der Waals surface area contributed by atoms with Crippen LogP contribution in [0.25, 0.3) is 0 Å². The van der Waals surface area contributed by atoms with E-state index in [9.17, 15) is 9.59 Å². The minimum atomic E-state index is -0.697. The molecule has 0 radical (unpaired) electrons. The highest BCUT2D eigenvalue weighted by molar-refractivity contribution is 5.98. The lowest BCUT2D eigenvalue weighted by Crippen LogP contribution is -2.30. The van der Waals surface area contributed by atoms with E-state index >= 15 is 0 Å². The van der Waals surface area contributed by atoms with Gasteiger partial charge in [-0.2, -0.15) is 0 Å². The lowest BCUT2D eigenvalue weighted by Gasteiger charge is -2.22. The summed E-state index contributed by atoms with van der Waals surface area (Å²) in [4.78, 5) is 23.6. The monoisotopic (exact) mass is 248 g/mol. The second kappa shape index (κ2) is 6.94. The van der Waals surface area contributed by atoms with Crippen LogP contribution in [0.4, 0.5) is 0 Å². The third kappa shape index (κ3) is 3.42. The number of esters is 1. The second-order valence-electron chi connectivity index (χ2n) is 4.27. The second-order valence-corrected chi connectivity index (χ2v) is 4.27. The summed E-state index contributed by atoms with van der Waals surface area (Å²) in [5.41, 5.74) is 1.01. The molecule has 1 aromatic rings. The first-order chi connectivity index (χ1) is 8.61. The predicted octanol–water partition coefficient (Wildman–Crippen LogP) is 2.95. The van der Waals surface area contributed by atoms with Crippen LogP contribution in [0.15, 0.2) is 30.3 Å². The molecule has 0 fully saturated rings. The van der Waals surface area contributed by atoms with Gasteiger partial charge in [0.15, 0.2) is 0 Å².